The van der Waals surface area contributed by atoms with E-state index in [4.69, 9.17) is 17.3 Å². The molecule has 3 rings (SSSR count). The summed E-state index contributed by atoms with van der Waals surface area (Å²) in [6, 6.07) is 7.89. The summed E-state index contributed by atoms with van der Waals surface area (Å²) in [6.07, 6.45) is 2.02. The van der Waals surface area contributed by atoms with E-state index in [1.165, 1.54) is 5.56 Å². The van der Waals surface area contributed by atoms with Crippen LogP contribution in [0.15, 0.2) is 40.9 Å². The molecule has 0 bridgehead atoms. The van der Waals surface area contributed by atoms with Gasteiger partial charge in [0, 0.05) is 28.9 Å². The molecule has 2 N–H and O–H groups in total. The largest absolute Gasteiger partial charge is 0.325 e. The summed E-state index contributed by atoms with van der Waals surface area (Å²) in [7, 11) is 0. The first kappa shape index (κ1) is 13.0. The van der Waals surface area contributed by atoms with Crippen LogP contribution in [0.1, 0.15) is 11.3 Å². The van der Waals surface area contributed by atoms with Crippen LogP contribution in [0, 0.1) is 0 Å². The van der Waals surface area contributed by atoms with Gasteiger partial charge in [-0.15, -0.1) is 11.3 Å². The third kappa shape index (κ3) is 2.65. The zero-order valence-electron chi connectivity index (χ0n) is 10.0. The second kappa shape index (κ2) is 5.54. The fraction of sp³-hybridized carbons (Fsp3) is 0.154. The molecule has 0 aliphatic heterocycles. The summed E-state index contributed by atoms with van der Waals surface area (Å²) in [6.45, 7) is 0.501. The van der Waals surface area contributed by atoms with Gasteiger partial charge in [0.05, 0.1) is 5.69 Å². The van der Waals surface area contributed by atoms with E-state index in [1.54, 1.807) is 23.1 Å². The summed E-state index contributed by atoms with van der Waals surface area (Å²) in [5, 5.41) is 3.80. The van der Waals surface area contributed by atoms with Crippen molar-refractivity contribution in [2.75, 3.05) is 0 Å². The smallest absolute Gasteiger partial charge is 0.194 e. The third-order valence-corrected chi connectivity index (χ3v) is 4.89. The van der Waals surface area contributed by atoms with Crippen LogP contribution in [0.4, 0.5) is 0 Å². The van der Waals surface area contributed by atoms with Crippen molar-refractivity contribution in [2.24, 2.45) is 5.73 Å². The molecule has 98 valence electrons. The topological polar surface area (TPSA) is 43.3 Å². The number of thioether (sulfide) groups is 1. The van der Waals surface area contributed by atoms with Crippen molar-refractivity contribution in [2.45, 2.75) is 17.3 Å². The monoisotopic (exact) mass is 309 g/mol. The van der Waals surface area contributed by atoms with Crippen LogP contribution in [0.2, 0.25) is 5.02 Å². The van der Waals surface area contributed by atoms with E-state index in [-0.39, 0.29) is 0 Å². The normalized spacial score (nSPS) is 11.3. The Kier molecular flexibility index (Phi) is 3.79. The number of nitrogens with zero attached hydrogens (tertiary/aromatic N) is 2. The average molecular weight is 310 g/mol. The number of nitrogens with two attached hydrogens (primary N) is 1. The fourth-order valence-corrected chi connectivity index (χ4v) is 3.76. The molecule has 0 aliphatic rings. The lowest BCUT2D eigenvalue weighted by atomic mass is 10.2. The second-order valence-corrected chi connectivity index (χ2v) is 6.31. The highest BCUT2D eigenvalue weighted by Gasteiger charge is 2.12. The maximum atomic E-state index is 5.88. The number of halogens is 1. The molecule has 2 heterocycles. The number of imidazole rings is 1. The molecule has 0 radical (unpaired) electrons. The van der Waals surface area contributed by atoms with Crippen LogP contribution in [0.3, 0.4) is 0 Å². The lowest BCUT2D eigenvalue weighted by Crippen LogP contribution is -2.01. The zero-order valence-corrected chi connectivity index (χ0v) is 12.4. The molecule has 0 aliphatic carbocycles. The number of hydrogen-bond donors (Lipinski definition) is 1. The van der Waals surface area contributed by atoms with Crippen molar-refractivity contribution in [1.29, 1.82) is 0 Å². The number of thiazole rings is 1. The Bertz CT molecular complexity index is 688. The zero-order chi connectivity index (χ0) is 13.2. The first-order valence-corrected chi connectivity index (χ1v) is 8.04. The van der Waals surface area contributed by atoms with Gasteiger partial charge in [-0.1, -0.05) is 35.5 Å². The lowest BCUT2D eigenvalue weighted by molar-refractivity contribution is 0.924. The predicted molar refractivity (Wildman–Crippen MR) is 82.0 cm³/mol. The van der Waals surface area contributed by atoms with Crippen LogP contribution in [0.25, 0.3) is 4.96 Å². The molecule has 0 amide bonds. The van der Waals surface area contributed by atoms with E-state index in [1.807, 2.05) is 35.8 Å². The first-order valence-electron chi connectivity index (χ1n) is 5.79. The molecule has 0 spiro atoms. The SMILES string of the molecule is NCc1c(SCc2ccc(Cl)cc2)nc2sccn12. The Hall–Kier alpha value is -1.01. The van der Waals surface area contributed by atoms with Crippen molar-refractivity contribution in [3.05, 3.63) is 52.1 Å². The van der Waals surface area contributed by atoms with Crippen molar-refractivity contribution in [1.82, 2.24) is 9.38 Å². The van der Waals surface area contributed by atoms with Crippen molar-refractivity contribution >= 4 is 39.7 Å². The lowest BCUT2D eigenvalue weighted by Gasteiger charge is -2.02. The number of benzene rings is 1. The molecular weight excluding hydrogens is 298 g/mol. The van der Waals surface area contributed by atoms with Gasteiger partial charge in [0.2, 0.25) is 0 Å². The summed E-state index contributed by atoms with van der Waals surface area (Å²) >= 11 is 9.22. The van der Waals surface area contributed by atoms with Crippen LogP contribution in [0.5, 0.6) is 0 Å². The van der Waals surface area contributed by atoms with Gasteiger partial charge in [0.1, 0.15) is 5.03 Å². The van der Waals surface area contributed by atoms with Gasteiger partial charge in [0.25, 0.3) is 0 Å². The maximum absolute atomic E-state index is 5.88. The van der Waals surface area contributed by atoms with Gasteiger partial charge in [-0.2, -0.15) is 0 Å². The Balaban J connectivity index is 1.81. The average Bonchev–Trinajstić information content (AvgIpc) is 2.98. The molecule has 6 heteroatoms. The van der Waals surface area contributed by atoms with E-state index in [0.29, 0.717) is 6.54 Å². The van der Waals surface area contributed by atoms with Crippen molar-refractivity contribution in [3.63, 3.8) is 0 Å². The summed E-state index contributed by atoms with van der Waals surface area (Å²) in [4.78, 5) is 5.61. The number of fused-ring (bicyclic) bond motifs is 1. The van der Waals surface area contributed by atoms with Crippen LogP contribution in [-0.4, -0.2) is 9.38 Å². The maximum Gasteiger partial charge on any atom is 0.194 e. The Labute approximate surface area is 124 Å². The molecule has 0 atom stereocenters. The Morgan fingerprint density at radius 1 is 1.32 bits per heavy atom. The minimum Gasteiger partial charge on any atom is -0.325 e. The Morgan fingerprint density at radius 3 is 2.84 bits per heavy atom. The number of aromatic nitrogens is 2. The molecule has 3 nitrogen and oxygen atoms in total. The molecule has 0 unspecified atom stereocenters. The van der Waals surface area contributed by atoms with Crippen LogP contribution >= 0.6 is 34.7 Å². The van der Waals surface area contributed by atoms with Crippen molar-refractivity contribution < 1.29 is 0 Å². The molecular formula is C13H12ClN3S2. The molecule has 3 aromatic rings. The molecule has 2 aromatic heterocycles. The van der Waals surface area contributed by atoms with Gasteiger partial charge in [-0.25, -0.2) is 4.98 Å². The van der Waals surface area contributed by atoms with E-state index in [2.05, 4.69) is 9.38 Å². The standard InChI is InChI=1S/C13H12ClN3S2/c14-10-3-1-9(2-4-10)8-19-12-11(7-15)17-5-6-18-13(17)16-12/h1-6H,7-8,15H2. The molecule has 0 fully saturated rings. The van der Waals surface area contributed by atoms with Crippen LogP contribution in [-0.2, 0) is 12.3 Å². The second-order valence-electron chi connectivity index (χ2n) is 4.04. The first-order chi connectivity index (χ1) is 9.28. The molecule has 0 saturated carbocycles. The van der Waals surface area contributed by atoms with E-state index >= 15 is 0 Å². The van der Waals surface area contributed by atoms with Gasteiger partial charge < -0.3 is 5.73 Å². The van der Waals surface area contributed by atoms with Crippen LogP contribution < -0.4 is 5.73 Å². The third-order valence-electron chi connectivity index (χ3n) is 2.81. The molecule has 19 heavy (non-hydrogen) atoms. The number of rotatable bonds is 4. The minimum atomic E-state index is 0.501. The Morgan fingerprint density at radius 2 is 2.11 bits per heavy atom. The van der Waals surface area contributed by atoms with E-state index < -0.39 is 0 Å². The van der Waals surface area contributed by atoms with E-state index in [9.17, 15) is 0 Å². The summed E-state index contributed by atoms with van der Waals surface area (Å²) < 4.78 is 2.06. The fourth-order valence-electron chi connectivity index (χ4n) is 1.85. The van der Waals surface area contributed by atoms with Gasteiger partial charge in [-0.3, -0.25) is 4.40 Å². The minimum absolute atomic E-state index is 0.501. The number of hydrogen-bond acceptors (Lipinski definition) is 4. The quantitative estimate of drug-likeness (QED) is 0.745. The highest BCUT2D eigenvalue weighted by Crippen LogP contribution is 2.28. The van der Waals surface area contributed by atoms with Crippen molar-refractivity contribution in [3.8, 4) is 0 Å². The summed E-state index contributed by atoms with van der Waals surface area (Å²) in [5.74, 6) is 0.870. The molecule has 0 saturated heterocycles. The van der Waals surface area contributed by atoms with E-state index in [0.717, 1.165) is 26.5 Å². The van der Waals surface area contributed by atoms with Gasteiger partial charge in [-0.05, 0) is 17.7 Å². The van der Waals surface area contributed by atoms with Gasteiger partial charge in [0.15, 0.2) is 4.96 Å². The molecule has 1 aromatic carbocycles. The van der Waals surface area contributed by atoms with Gasteiger partial charge >= 0.3 is 0 Å². The highest BCUT2D eigenvalue weighted by atomic mass is 35.5. The predicted octanol–water partition coefficient (Wildman–Crippen LogP) is 3.80. The highest BCUT2D eigenvalue weighted by molar-refractivity contribution is 7.98. The summed E-state index contributed by atoms with van der Waals surface area (Å²) in [5.41, 5.74) is 8.13.